The van der Waals surface area contributed by atoms with Crippen LogP contribution < -0.4 is 14.8 Å². The van der Waals surface area contributed by atoms with Crippen molar-refractivity contribution in [2.45, 2.75) is 5.51 Å². The van der Waals surface area contributed by atoms with E-state index in [1.807, 2.05) is 0 Å². The van der Waals surface area contributed by atoms with Crippen LogP contribution in [0, 0.1) is 0 Å². The standard InChI is InChI=1S/C14H9F3N2O4S/c15-14(16,17)24(21,22)23-8-5-6-11-12(7-8)19-13(20)9-3-1-2-4-10(9)18-11/h1-7,18H,(H,19,20). The molecule has 2 aromatic carbocycles. The second kappa shape index (κ2) is 5.41. The van der Waals surface area contributed by atoms with E-state index in [0.717, 1.165) is 12.1 Å². The molecule has 0 radical (unpaired) electrons. The molecule has 1 aliphatic heterocycles. The lowest BCUT2D eigenvalue weighted by Crippen LogP contribution is -2.28. The molecule has 0 atom stereocenters. The first kappa shape index (κ1) is 16.1. The van der Waals surface area contributed by atoms with E-state index in [4.69, 9.17) is 0 Å². The highest BCUT2D eigenvalue weighted by atomic mass is 32.2. The van der Waals surface area contributed by atoms with Crippen molar-refractivity contribution < 1.29 is 30.6 Å². The summed E-state index contributed by atoms with van der Waals surface area (Å²) in [6, 6.07) is 9.93. The van der Waals surface area contributed by atoms with Crippen molar-refractivity contribution in [1.29, 1.82) is 0 Å². The molecule has 0 aromatic heterocycles. The van der Waals surface area contributed by atoms with Gasteiger partial charge in [0.1, 0.15) is 5.75 Å². The van der Waals surface area contributed by atoms with Gasteiger partial charge in [-0.05, 0) is 24.3 Å². The van der Waals surface area contributed by atoms with Gasteiger partial charge in [0, 0.05) is 6.07 Å². The number of nitrogens with one attached hydrogen (secondary N) is 2. The van der Waals surface area contributed by atoms with Gasteiger partial charge in [-0.3, -0.25) is 4.79 Å². The molecule has 1 aliphatic rings. The Hall–Kier alpha value is -2.75. The summed E-state index contributed by atoms with van der Waals surface area (Å²) in [5, 5.41) is 5.43. The van der Waals surface area contributed by atoms with Gasteiger partial charge < -0.3 is 14.8 Å². The number of fused-ring (bicyclic) bond motifs is 2. The minimum atomic E-state index is -5.79. The van der Waals surface area contributed by atoms with Crippen LogP contribution in [0.3, 0.4) is 0 Å². The van der Waals surface area contributed by atoms with Gasteiger partial charge in [0.15, 0.2) is 0 Å². The van der Waals surface area contributed by atoms with E-state index in [-0.39, 0.29) is 5.69 Å². The third-order valence-electron chi connectivity index (χ3n) is 3.17. The van der Waals surface area contributed by atoms with Crippen LogP contribution in [0.5, 0.6) is 5.75 Å². The Morgan fingerprint density at radius 1 is 0.917 bits per heavy atom. The highest BCUT2D eigenvalue weighted by molar-refractivity contribution is 7.88. The van der Waals surface area contributed by atoms with Gasteiger partial charge in [-0.15, -0.1) is 0 Å². The first-order valence-electron chi connectivity index (χ1n) is 6.49. The minimum Gasteiger partial charge on any atom is -0.376 e. The molecular weight excluding hydrogens is 349 g/mol. The molecule has 10 heteroatoms. The molecule has 2 aromatic rings. The molecular formula is C14H9F3N2O4S. The molecule has 2 N–H and O–H groups in total. The fourth-order valence-electron chi connectivity index (χ4n) is 2.09. The molecule has 3 rings (SSSR count). The Morgan fingerprint density at radius 2 is 1.62 bits per heavy atom. The van der Waals surface area contributed by atoms with Crippen LogP contribution >= 0.6 is 0 Å². The molecule has 1 amide bonds. The van der Waals surface area contributed by atoms with E-state index >= 15 is 0 Å². The van der Waals surface area contributed by atoms with Crippen molar-refractivity contribution in [3.05, 3.63) is 48.0 Å². The second-order valence-electron chi connectivity index (χ2n) is 4.82. The predicted molar refractivity (Wildman–Crippen MR) is 79.7 cm³/mol. The fourth-order valence-corrected chi connectivity index (χ4v) is 2.54. The van der Waals surface area contributed by atoms with Crippen LogP contribution in [-0.2, 0) is 10.1 Å². The molecule has 0 spiro atoms. The Morgan fingerprint density at radius 3 is 2.33 bits per heavy atom. The van der Waals surface area contributed by atoms with E-state index < -0.39 is 27.3 Å². The topological polar surface area (TPSA) is 84.5 Å². The smallest absolute Gasteiger partial charge is 0.376 e. The van der Waals surface area contributed by atoms with Gasteiger partial charge in [0.25, 0.3) is 5.91 Å². The number of amides is 1. The number of rotatable bonds is 2. The zero-order chi connectivity index (χ0) is 17.5. The molecule has 24 heavy (non-hydrogen) atoms. The lowest BCUT2D eigenvalue weighted by molar-refractivity contribution is -0.0500. The third-order valence-corrected chi connectivity index (χ3v) is 4.15. The van der Waals surface area contributed by atoms with Gasteiger partial charge in [0.2, 0.25) is 0 Å². The monoisotopic (exact) mass is 358 g/mol. The Labute approximate surface area is 134 Å². The molecule has 0 bridgehead atoms. The zero-order valence-electron chi connectivity index (χ0n) is 11.7. The van der Waals surface area contributed by atoms with Crippen LogP contribution in [-0.4, -0.2) is 19.8 Å². The van der Waals surface area contributed by atoms with Crippen molar-refractivity contribution in [2.24, 2.45) is 0 Å². The van der Waals surface area contributed by atoms with Crippen LogP contribution in [0.4, 0.5) is 30.2 Å². The summed E-state index contributed by atoms with van der Waals surface area (Å²) in [5.74, 6) is -1.06. The largest absolute Gasteiger partial charge is 0.534 e. The van der Waals surface area contributed by atoms with Gasteiger partial charge in [-0.1, -0.05) is 12.1 Å². The maximum absolute atomic E-state index is 12.4. The van der Waals surface area contributed by atoms with E-state index in [1.54, 1.807) is 24.3 Å². The van der Waals surface area contributed by atoms with Gasteiger partial charge in [-0.2, -0.15) is 21.6 Å². The summed E-state index contributed by atoms with van der Waals surface area (Å²) in [6.07, 6.45) is 0. The molecule has 6 nitrogen and oxygen atoms in total. The maximum atomic E-state index is 12.4. The first-order valence-corrected chi connectivity index (χ1v) is 7.90. The average Bonchev–Trinajstić information content (AvgIpc) is 2.62. The normalized spacial score (nSPS) is 13.9. The number of hydrogen-bond acceptors (Lipinski definition) is 5. The van der Waals surface area contributed by atoms with Gasteiger partial charge >= 0.3 is 15.6 Å². The number of carbonyl (C=O) groups is 1. The highest BCUT2D eigenvalue weighted by Gasteiger charge is 2.48. The number of benzene rings is 2. The minimum absolute atomic E-state index is 0.0890. The van der Waals surface area contributed by atoms with Crippen molar-refractivity contribution in [2.75, 3.05) is 10.6 Å². The zero-order valence-corrected chi connectivity index (χ0v) is 12.5. The molecule has 0 aliphatic carbocycles. The lowest BCUT2D eigenvalue weighted by Gasteiger charge is -2.12. The molecule has 0 unspecified atom stereocenters. The number of carbonyl (C=O) groups excluding carboxylic acids is 1. The number of hydrogen-bond donors (Lipinski definition) is 2. The number of anilines is 3. The van der Waals surface area contributed by atoms with Gasteiger partial charge in [0.05, 0.1) is 22.6 Å². The Bertz CT molecular complexity index is 926. The third kappa shape index (κ3) is 2.87. The highest BCUT2D eigenvalue weighted by Crippen LogP contribution is 2.36. The van der Waals surface area contributed by atoms with Crippen molar-refractivity contribution in [1.82, 2.24) is 0 Å². The number of halogens is 3. The van der Waals surface area contributed by atoms with E-state index in [9.17, 15) is 26.4 Å². The van der Waals surface area contributed by atoms with Gasteiger partial charge in [-0.25, -0.2) is 0 Å². The number of para-hydroxylation sites is 1. The summed E-state index contributed by atoms with van der Waals surface area (Å²) in [5.41, 5.74) is -4.24. The molecule has 0 fully saturated rings. The lowest BCUT2D eigenvalue weighted by atomic mass is 10.1. The van der Waals surface area contributed by atoms with E-state index in [1.165, 1.54) is 6.07 Å². The Balaban J connectivity index is 1.96. The maximum Gasteiger partial charge on any atom is 0.534 e. The molecule has 0 saturated carbocycles. The van der Waals surface area contributed by atoms with Crippen LogP contribution in [0.15, 0.2) is 42.5 Å². The van der Waals surface area contributed by atoms with Crippen molar-refractivity contribution in [3.8, 4) is 5.75 Å². The van der Waals surface area contributed by atoms with E-state index in [2.05, 4.69) is 14.8 Å². The molecule has 126 valence electrons. The summed E-state index contributed by atoms with van der Waals surface area (Å²) in [7, 11) is -5.79. The fraction of sp³-hybridized carbons (Fsp3) is 0.0714. The van der Waals surface area contributed by atoms with E-state index in [0.29, 0.717) is 16.9 Å². The average molecular weight is 358 g/mol. The van der Waals surface area contributed by atoms with Crippen molar-refractivity contribution >= 4 is 33.1 Å². The van der Waals surface area contributed by atoms with Crippen LogP contribution in [0.1, 0.15) is 10.4 Å². The summed E-state index contributed by atoms with van der Waals surface area (Å²) >= 11 is 0. The Kier molecular flexibility index (Phi) is 3.63. The molecule has 0 saturated heterocycles. The summed E-state index contributed by atoms with van der Waals surface area (Å²) in [6.45, 7) is 0. The summed E-state index contributed by atoms with van der Waals surface area (Å²) < 4.78 is 63.3. The van der Waals surface area contributed by atoms with Crippen LogP contribution in [0.2, 0.25) is 0 Å². The summed E-state index contributed by atoms with van der Waals surface area (Å²) in [4.78, 5) is 12.1. The predicted octanol–water partition coefficient (Wildman–Crippen LogP) is 3.22. The van der Waals surface area contributed by atoms with Crippen LogP contribution in [0.25, 0.3) is 0 Å². The SMILES string of the molecule is O=C1Nc2cc(OS(=O)(=O)C(F)(F)F)ccc2Nc2ccccc21. The first-order chi connectivity index (χ1) is 11.2. The number of alkyl halides is 3. The quantitative estimate of drug-likeness (QED) is 0.636. The second-order valence-corrected chi connectivity index (χ2v) is 6.35. The molecule has 1 heterocycles. The van der Waals surface area contributed by atoms with Crippen molar-refractivity contribution in [3.63, 3.8) is 0 Å².